The molecule has 0 saturated carbocycles. The monoisotopic (exact) mass is 412 g/mol. The molecule has 0 radical (unpaired) electrons. The Morgan fingerprint density at radius 3 is 2.57 bits per heavy atom. The molecular weight excluding hydrogens is 406 g/mol. The highest BCUT2D eigenvalue weighted by molar-refractivity contribution is 14.1. The van der Waals surface area contributed by atoms with Gasteiger partial charge < -0.3 is 4.74 Å². The SMILES string of the molecule is O=C(OCC#CI)c1ccc(I)cc1. The first-order valence-electron chi connectivity index (χ1n) is 3.75. The van der Waals surface area contributed by atoms with Crippen LogP contribution in [0.5, 0.6) is 0 Å². The lowest BCUT2D eigenvalue weighted by molar-refractivity contribution is 0.0557. The van der Waals surface area contributed by atoms with Gasteiger partial charge in [0.2, 0.25) is 0 Å². The highest BCUT2D eigenvalue weighted by atomic mass is 127. The maximum absolute atomic E-state index is 11.3. The first kappa shape index (κ1) is 11.8. The van der Waals surface area contributed by atoms with Crippen molar-refractivity contribution in [3.8, 4) is 9.85 Å². The molecule has 2 nitrogen and oxygen atoms in total. The predicted octanol–water partition coefficient (Wildman–Crippen LogP) is 2.84. The Labute approximate surface area is 110 Å². The first-order valence-corrected chi connectivity index (χ1v) is 5.91. The summed E-state index contributed by atoms with van der Waals surface area (Å²) in [5, 5.41) is 0. The van der Waals surface area contributed by atoms with E-state index >= 15 is 0 Å². The average Bonchev–Trinajstić information content (AvgIpc) is 2.19. The molecule has 0 N–H and O–H groups in total. The number of carbonyl (C=O) groups excluding carboxylic acids is 1. The number of rotatable bonds is 2. The summed E-state index contributed by atoms with van der Waals surface area (Å²) in [5.41, 5.74) is 0.556. The third kappa shape index (κ3) is 3.84. The van der Waals surface area contributed by atoms with Crippen LogP contribution in [0.4, 0.5) is 0 Å². The van der Waals surface area contributed by atoms with Gasteiger partial charge in [0.05, 0.1) is 5.56 Å². The fourth-order valence-electron chi connectivity index (χ4n) is 0.798. The second-order valence-corrected chi connectivity index (χ2v) is 4.14. The molecule has 0 bridgehead atoms. The number of ether oxygens (including phenoxy) is 1. The standard InChI is InChI=1S/C10H6I2O2/c11-6-1-7-14-10(13)8-2-4-9(12)5-3-8/h2-5H,7H2. The number of hydrogen-bond acceptors (Lipinski definition) is 2. The Morgan fingerprint density at radius 2 is 2.00 bits per heavy atom. The van der Waals surface area contributed by atoms with E-state index in [9.17, 15) is 4.79 Å². The van der Waals surface area contributed by atoms with Gasteiger partial charge in [-0.05, 0) is 50.8 Å². The van der Waals surface area contributed by atoms with Crippen molar-refractivity contribution < 1.29 is 9.53 Å². The molecule has 1 aromatic rings. The molecule has 0 atom stereocenters. The van der Waals surface area contributed by atoms with Crippen LogP contribution in [-0.4, -0.2) is 12.6 Å². The summed E-state index contributed by atoms with van der Waals surface area (Å²) in [6, 6.07) is 7.20. The molecule has 72 valence electrons. The molecule has 0 unspecified atom stereocenters. The van der Waals surface area contributed by atoms with Crippen LogP contribution in [0.3, 0.4) is 0 Å². The number of benzene rings is 1. The zero-order chi connectivity index (χ0) is 10.4. The molecule has 4 heteroatoms. The van der Waals surface area contributed by atoms with Crippen LogP contribution < -0.4 is 0 Å². The Bertz CT molecular complexity index is 373. The predicted molar refractivity (Wildman–Crippen MR) is 71.2 cm³/mol. The topological polar surface area (TPSA) is 26.3 Å². The summed E-state index contributed by atoms with van der Waals surface area (Å²) in [4.78, 5) is 11.3. The van der Waals surface area contributed by atoms with Gasteiger partial charge in [-0.3, -0.25) is 0 Å². The Morgan fingerprint density at radius 1 is 1.36 bits per heavy atom. The zero-order valence-corrected chi connectivity index (χ0v) is 11.4. The average molecular weight is 412 g/mol. The number of esters is 1. The van der Waals surface area contributed by atoms with E-state index in [1.807, 2.05) is 34.7 Å². The van der Waals surface area contributed by atoms with E-state index in [1.165, 1.54) is 0 Å². The van der Waals surface area contributed by atoms with Crippen molar-refractivity contribution in [3.05, 3.63) is 33.4 Å². The Hall–Kier alpha value is -0.290. The highest BCUT2D eigenvalue weighted by Gasteiger charge is 2.04. The van der Waals surface area contributed by atoms with Gasteiger partial charge in [0.15, 0.2) is 6.61 Å². The lowest BCUT2D eigenvalue weighted by atomic mass is 10.2. The van der Waals surface area contributed by atoms with Gasteiger partial charge in [-0.1, -0.05) is 5.92 Å². The summed E-state index contributed by atoms with van der Waals surface area (Å²) in [5.74, 6) is 2.32. The van der Waals surface area contributed by atoms with Gasteiger partial charge in [0.25, 0.3) is 0 Å². The van der Waals surface area contributed by atoms with Gasteiger partial charge in [0.1, 0.15) is 0 Å². The van der Waals surface area contributed by atoms with Crippen molar-refractivity contribution in [2.45, 2.75) is 0 Å². The molecule has 0 saturated heterocycles. The molecule has 1 aromatic carbocycles. The van der Waals surface area contributed by atoms with Gasteiger partial charge in [-0.25, -0.2) is 4.79 Å². The quantitative estimate of drug-likeness (QED) is 0.425. The largest absolute Gasteiger partial charge is 0.449 e. The molecule has 1 rings (SSSR count). The zero-order valence-electron chi connectivity index (χ0n) is 7.09. The van der Waals surface area contributed by atoms with Crippen LogP contribution in [0, 0.1) is 13.4 Å². The lowest BCUT2D eigenvalue weighted by Gasteiger charge is -2.00. The number of carbonyl (C=O) groups is 1. The van der Waals surface area contributed by atoms with Crippen LogP contribution in [0.2, 0.25) is 0 Å². The second-order valence-electron chi connectivity index (χ2n) is 2.35. The molecule has 14 heavy (non-hydrogen) atoms. The second kappa shape index (κ2) is 6.24. The van der Waals surface area contributed by atoms with E-state index < -0.39 is 0 Å². The lowest BCUT2D eigenvalue weighted by Crippen LogP contribution is -2.04. The summed E-state index contributed by atoms with van der Waals surface area (Å²) < 4.78 is 8.60. The smallest absolute Gasteiger partial charge is 0.339 e. The van der Waals surface area contributed by atoms with E-state index in [-0.39, 0.29) is 12.6 Å². The highest BCUT2D eigenvalue weighted by Crippen LogP contribution is 2.07. The minimum absolute atomic E-state index is 0.147. The Balaban J connectivity index is 2.59. The van der Waals surface area contributed by atoms with Crippen LogP contribution in [0.1, 0.15) is 10.4 Å². The van der Waals surface area contributed by atoms with Crippen LogP contribution in [0.25, 0.3) is 0 Å². The fraction of sp³-hybridized carbons (Fsp3) is 0.100. The molecule has 0 aliphatic carbocycles. The summed E-state index contributed by atoms with van der Waals surface area (Å²) in [6.07, 6.45) is 0. The van der Waals surface area contributed by atoms with Gasteiger partial charge >= 0.3 is 5.97 Å². The van der Waals surface area contributed by atoms with Crippen molar-refractivity contribution >= 4 is 51.2 Å². The van der Waals surface area contributed by atoms with Crippen molar-refractivity contribution in [1.29, 1.82) is 0 Å². The summed E-state index contributed by atoms with van der Waals surface area (Å²) in [7, 11) is 0. The van der Waals surface area contributed by atoms with E-state index in [1.54, 1.807) is 12.1 Å². The third-order valence-corrected chi connectivity index (χ3v) is 2.52. The van der Waals surface area contributed by atoms with E-state index in [0.29, 0.717) is 5.56 Å². The summed E-state index contributed by atoms with van der Waals surface area (Å²) in [6.45, 7) is 0.147. The van der Waals surface area contributed by atoms with Gasteiger partial charge in [0, 0.05) is 26.2 Å². The van der Waals surface area contributed by atoms with Crippen molar-refractivity contribution in [2.75, 3.05) is 6.61 Å². The molecule has 0 aliphatic rings. The molecule has 0 aromatic heterocycles. The van der Waals surface area contributed by atoms with Gasteiger partial charge in [-0.2, -0.15) is 0 Å². The van der Waals surface area contributed by atoms with E-state index in [0.717, 1.165) is 3.57 Å². The number of halogens is 2. The maximum atomic E-state index is 11.3. The van der Waals surface area contributed by atoms with E-state index in [4.69, 9.17) is 4.74 Å². The fourth-order valence-corrected chi connectivity index (χ4v) is 1.31. The minimum Gasteiger partial charge on any atom is -0.449 e. The number of hydrogen-bond donors (Lipinski definition) is 0. The van der Waals surface area contributed by atoms with E-state index in [2.05, 4.69) is 32.4 Å². The Kier molecular flexibility index (Phi) is 5.25. The molecule has 0 amide bonds. The van der Waals surface area contributed by atoms with Crippen molar-refractivity contribution in [1.82, 2.24) is 0 Å². The molecule has 0 fully saturated rings. The van der Waals surface area contributed by atoms with Gasteiger partial charge in [-0.15, -0.1) is 0 Å². The molecule has 0 aliphatic heterocycles. The molecular formula is C10H6I2O2. The normalized spacial score (nSPS) is 8.71. The third-order valence-electron chi connectivity index (χ3n) is 1.42. The van der Waals surface area contributed by atoms with Crippen LogP contribution in [-0.2, 0) is 4.74 Å². The van der Waals surface area contributed by atoms with Crippen molar-refractivity contribution in [2.24, 2.45) is 0 Å². The maximum Gasteiger partial charge on any atom is 0.339 e. The first-order chi connectivity index (χ1) is 6.74. The minimum atomic E-state index is -0.333. The summed E-state index contributed by atoms with van der Waals surface area (Å²) >= 11 is 4.08. The molecule has 0 heterocycles. The van der Waals surface area contributed by atoms with Crippen LogP contribution >= 0.6 is 45.2 Å². The van der Waals surface area contributed by atoms with Crippen molar-refractivity contribution in [3.63, 3.8) is 0 Å². The van der Waals surface area contributed by atoms with Crippen LogP contribution in [0.15, 0.2) is 24.3 Å². The molecule has 0 spiro atoms.